The van der Waals surface area contributed by atoms with E-state index in [1.54, 1.807) is 24.3 Å². The average molecular weight is 400 g/mol. The lowest BCUT2D eigenvalue weighted by atomic mass is 10.1. The van der Waals surface area contributed by atoms with E-state index in [0.717, 1.165) is 0 Å². The van der Waals surface area contributed by atoms with Crippen LogP contribution in [0.25, 0.3) is 0 Å². The molecule has 2 rings (SSSR count). The molecule has 0 spiro atoms. The van der Waals surface area contributed by atoms with Crippen molar-refractivity contribution in [1.82, 2.24) is 0 Å². The van der Waals surface area contributed by atoms with Gasteiger partial charge >= 0.3 is 5.97 Å². The van der Waals surface area contributed by atoms with Crippen LogP contribution >= 0.6 is 0 Å². The number of nitro groups is 1. The van der Waals surface area contributed by atoms with Gasteiger partial charge in [-0.15, -0.1) is 0 Å². The number of hydrogen-bond acceptors (Lipinski definition) is 7. The van der Waals surface area contributed by atoms with Crippen molar-refractivity contribution in [1.29, 1.82) is 0 Å². The van der Waals surface area contributed by atoms with Gasteiger partial charge in [0.2, 0.25) is 0 Å². The summed E-state index contributed by atoms with van der Waals surface area (Å²) in [4.78, 5) is 45.2. The Labute approximate surface area is 166 Å². The highest BCUT2D eigenvalue weighted by Gasteiger charge is 2.18. The third-order valence-corrected chi connectivity index (χ3v) is 3.86. The molecule has 0 heterocycles. The van der Waals surface area contributed by atoms with E-state index in [2.05, 4.69) is 5.32 Å². The lowest BCUT2D eigenvalue weighted by Crippen LogP contribution is -2.30. The number of hydrogen-bond donors (Lipinski definition) is 1. The fraction of sp³-hybridized carbons (Fsp3) is 0.250. The maximum absolute atomic E-state index is 12.1. The first-order valence-corrected chi connectivity index (χ1v) is 8.75. The Bertz CT molecular complexity index is 892. The highest BCUT2D eigenvalue weighted by molar-refractivity contribution is 5.95. The van der Waals surface area contributed by atoms with Gasteiger partial charge in [0.15, 0.2) is 11.9 Å². The van der Waals surface area contributed by atoms with Crippen molar-refractivity contribution in [2.24, 2.45) is 0 Å². The number of non-ortho nitro benzene ring substituents is 1. The second-order valence-electron chi connectivity index (χ2n) is 6.10. The fourth-order valence-electron chi connectivity index (χ4n) is 2.26. The summed E-state index contributed by atoms with van der Waals surface area (Å²) in [6.07, 6.45) is -1.11. The number of carbonyl (C=O) groups excluding carboxylic acids is 3. The van der Waals surface area contributed by atoms with Gasteiger partial charge in [-0.2, -0.15) is 0 Å². The zero-order chi connectivity index (χ0) is 21.4. The minimum Gasteiger partial charge on any atom is -0.493 e. The number of nitro benzene ring substituents is 1. The van der Waals surface area contributed by atoms with E-state index < -0.39 is 22.9 Å². The predicted octanol–water partition coefficient (Wildman–Crippen LogP) is 3.14. The largest absolute Gasteiger partial charge is 0.493 e. The van der Waals surface area contributed by atoms with Crippen LogP contribution in [0.1, 0.15) is 30.6 Å². The quantitative estimate of drug-likeness (QED) is 0.297. The summed E-state index contributed by atoms with van der Waals surface area (Å²) in [7, 11) is 0. The molecular weight excluding hydrogens is 380 g/mol. The van der Waals surface area contributed by atoms with Crippen molar-refractivity contribution in [3.05, 3.63) is 64.2 Å². The van der Waals surface area contributed by atoms with Gasteiger partial charge in [-0.3, -0.25) is 24.5 Å². The Balaban J connectivity index is 1.75. The molecule has 0 aliphatic heterocycles. The SMILES string of the molecule is CC(=O)c1ccc(OCCC(=O)OC(C)C(=O)Nc2ccc([N+](=O)[O-])cc2)cc1. The first kappa shape index (κ1) is 21.5. The van der Waals surface area contributed by atoms with Crippen LogP contribution in [-0.2, 0) is 14.3 Å². The van der Waals surface area contributed by atoms with Crippen LogP contribution in [0.2, 0.25) is 0 Å². The molecule has 0 aliphatic carbocycles. The summed E-state index contributed by atoms with van der Waals surface area (Å²) in [5.74, 6) is -0.725. The van der Waals surface area contributed by atoms with Crippen LogP contribution in [0.4, 0.5) is 11.4 Å². The summed E-state index contributed by atoms with van der Waals surface area (Å²) in [5.41, 5.74) is 0.809. The summed E-state index contributed by atoms with van der Waals surface area (Å²) in [6.45, 7) is 2.93. The summed E-state index contributed by atoms with van der Waals surface area (Å²) >= 11 is 0. The van der Waals surface area contributed by atoms with Gasteiger partial charge < -0.3 is 14.8 Å². The molecule has 9 heteroatoms. The van der Waals surface area contributed by atoms with Crippen molar-refractivity contribution in [2.45, 2.75) is 26.4 Å². The average Bonchev–Trinajstić information content (AvgIpc) is 2.68. The number of benzene rings is 2. The third kappa shape index (κ3) is 6.73. The molecule has 1 amide bonds. The number of carbonyl (C=O) groups is 3. The van der Waals surface area contributed by atoms with Crippen molar-refractivity contribution in [3.8, 4) is 5.75 Å². The molecule has 1 unspecified atom stereocenters. The van der Waals surface area contributed by atoms with E-state index in [1.165, 1.54) is 38.1 Å². The van der Waals surface area contributed by atoms with E-state index in [-0.39, 0.29) is 24.5 Å². The summed E-state index contributed by atoms with van der Waals surface area (Å²) in [6, 6.07) is 11.8. The minimum absolute atomic E-state index is 0.0505. The maximum atomic E-state index is 12.1. The Morgan fingerprint density at radius 2 is 1.69 bits per heavy atom. The van der Waals surface area contributed by atoms with Crippen LogP contribution in [0, 0.1) is 10.1 Å². The van der Waals surface area contributed by atoms with E-state index >= 15 is 0 Å². The second-order valence-corrected chi connectivity index (χ2v) is 6.10. The molecule has 29 heavy (non-hydrogen) atoms. The second kappa shape index (κ2) is 9.98. The predicted molar refractivity (Wildman–Crippen MR) is 104 cm³/mol. The number of nitrogens with zero attached hydrogens (tertiary/aromatic N) is 1. The molecule has 0 saturated heterocycles. The van der Waals surface area contributed by atoms with Crippen molar-refractivity contribution in [2.75, 3.05) is 11.9 Å². The maximum Gasteiger partial charge on any atom is 0.310 e. The zero-order valence-corrected chi connectivity index (χ0v) is 15.9. The highest BCUT2D eigenvalue weighted by atomic mass is 16.6. The molecule has 0 fully saturated rings. The smallest absolute Gasteiger partial charge is 0.310 e. The Morgan fingerprint density at radius 1 is 1.07 bits per heavy atom. The molecule has 9 nitrogen and oxygen atoms in total. The van der Waals surface area contributed by atoms with E-state index in [0.29, 0.717) is 17.0 Å². The molecule has 0 radical (unpaired) electrons. The number of rotatable bonds is 9. The minimum atomic E-state index is -1.05. The standard InChI is InChI=1S/C20H20N2O7/c1-13(23)15-3-9-18(10-4-15)28-12-11-19(24)29-14(2)20(25)21-16-5-7-17(8-6-16)22(26)27/h3-10,14H,11-12H2,1-2H3,(H,21,25). The van der Waals surface area contributed by atoms with Gasteiger partial charge in [0.1, 0.15) is 5.75 Å². The molecule has 0 saturated carbocycles. The van der Waals surface area contributed by atoms with E-state index in [1.807, 2.05) is 0 Å². The van der Waals surface area contributed by atoms with Gasteiger partial charge in [-0.1, -0.05) is 0 Å². The van der Waals surface area contributed by atoms with Gasteiger partial charge in [-0.05, 0) is 50.2 Å². The molecule has 0 aliphatic rings. The topological polar surface area (TPSA) is 125 Å². The number of ether oxygens (including phenoxy) is 2. The normalized spacial score (nSPS) is 11.2. The summed E-state index contributed by atoms with van der Waals surface area (Å²) in [5, 5.41) is 13.1. The molecule has 2 aromatic rings. The number of nitrogens with one attached hydrogen (secondary N) is 1. The molecule has 0 aromatic heterocycles. The van der Waals surface area contributed by atoms with Crippen LogP contribution in [0.5, 0.6) is 5.75 Å². The molecule has 2 aromatic carbocycles. The number of anilines is 1. The molecular formula is C20H20N2O7. The molecule has 0 bridgehead atoms. The number of ketones is 1. The molecule has 1 atom stereocenters. The zero-order valence-electron chi connectivity index (χ0n) is 15.9. The van der Waals surface area contributed by atoms with Crippen molar-refractivity contribution in [3.63, 3.8) is 0 Å². The third-order valence-electron chi connectivity index (χ3n) is 3.86. The first-order valence-electron chi connectivity index (χ1n) is 8.75. The van der Waals surface area contributed by atoms with Gasteiger partial charge in [-0.25, -0.2) is 0 Å². The molecule has 152 valence electrons. The molecule has 1 N–H and O–H groups in total. The van der Waals surface area contributed by atoms with E-state index in [4.69, 9.17) is 9.47 Å². The van der Waals surface area contributed by atoms with Crippen LogP contribution < -0.4 is 10.1 Å². The number of amides is 1. The van der Waals surface area contributed by atoms with Gasteiger partial charge in [0.25, 0.3) is 11.6 Å². The van der Waals surface area contributed by atoms with E-state index in [9.17, 15) is 24.5 Å². The lowest BCUT2D eigenvalue weighted by molar-refractivity contribution is -0.384. The van der Waals surface area contributed by atoms with Crippen LogP contribution in [0.15, 0.2) is 48.5 Å². The number of esters is 1. The lowest BCUT2D eigenvalue weighted by Gasteiger charge is -2.14. The van der Waals surface area contributed by atoms with Gasteiger partial charge in [0.05, 0.1) is 18.0 Å². The Kier molecular flexibility index (Phi) is 7.41. The van der Waals surface area contributed by atoms with Crippen molar-refractivity contribution < 1.29 is 28.8 Å². The van der Waals surface area contributed by atoms with Crippen molar-refractivity contribution >= 4 is 29.0 Å². The first-order chi connectivity index (χ1) is 13.8. The fourth-order valence-corrected chi connectivity index (χ4v) is 2.26. The Morgan fingerprint density at radius 3 is 2.24 bits per heavy atom. The summed E-state index contributed by atoms with van der Waals surface area (Å²) < 4.78 is 10.5. The van der Waals surface area contributed by atoms with Crippen LogP contribution in [0.3, 0.4) is 0 Å². The highest BCUT2D eigenvalue weighted by Crippen LogP contribution is 2.16. The monoisotopic (exact) mass is 400 g/mol. The van der Waals surface area contributed by atoms with Crippen LogP contribution in [-0.4, -0.2) is 35.3 Å². The number of Topliss-reactive ketones (excluding diaryl/α,β-unsaturated/α-hetero) is 1. The van der Waals surface area contributed by atoms with Gasteiger partial charge in [0, 0.05) is 23.4 Å². The Hall–Kier alpha value is -3.75.